The second-order valence-electron chi connectivity index (χ2n) is 8.04. The van der Waals surface area contributed by atoms with E-state index in [4.69, 9.17) is 9.47 Å². The number of rotatable bonds is 6. The number of hydrogen-bond acceptors (Lipinski definition) is 7. The minimum atomic E-state index is -0.702. The van der Waals surface area contributed by atoms with Gasteiger partial charge >= 0.3 is 6.09 Å². The molecule has 2 amide bonds. The van der Waals surface area contributed by atoms with E-state index >= 15 is 0 Å². The van der Waals surface area contributed by atoms with E-state index in [-0.39, 0.29) is 18.0 Å². The first-order valence-electron chi connectivity index (χ1n) is 10.0. The van der Waals surface area contributed by atoms with Crippen LogP contribution in [0.25, 0.3) is 11.1 Å². The highest BCUT2D eigenvalue weighted by Crippen LogP contribution is 2.30. The van der Waals surface area contributed by atoms with E-state index in [9.17, 15) is 14.0 Å². The molecule has 3 rings (SSSR count). The number of anilines is 2. The van der Waals surface area contributed by atoms with Crippen LogP contribution in [0.1, 0.15) is 37.0 Å². The number of carbonyl (C=O) groups excluding carboxylic acids is 2. The molecule has 2 heterocycles. The van der Waals surface area contributed by atoms with Gasteiger partial charge in [0.1, 0.15) is 11.3 Å². The summed E-state index contributed by atoms with van der Waals surface area (Å²) in [5.74, 6) is -1.14. The van der Waals surface area contributed by atoms with E-state index in [0.717, 1.165) is 0 Å². The molecule has 9 nitrogen and oxygen atoms in total. The zero-order valence-corrected chi connectivity index (χ0v) is 18.7. The smallest absolute Gasteiger partial charge is 0.412 e. The Kier molecular flexibility index (Phi) is 7.29. The average molecular weight is 453 g/mol. The average Bonchev–Trinajstić information content (AvgIpc) is 2.75. The Morgan fingerprint density at radius 2 is 1.70 bits per heavy atom. The quantitative estimate of drug-likeness (QED) is 0.531. The lowest BCUT2D eigenvalue weighted by Crippen LogP contribution is -2.27. The van der Waals surface area contributed by atoms with Crippen LogP contribution in [-0.4, -0.2) is 39.7 Å². The largest absolute Gasteiger partial charge is 0.444 e. The van der Waals surface area contributed by atoms with Crippen molar-refractivity contribution in [3.05, 3.63) is 66.3 Å². The lowest BCUT2D eigenvalue weighted by Gasteiger charge is -2.21. The van der Waals surface area contributed by atoms with Crippen LogP contribution in [0.5, 0.6) is 0 Å². The molecule has 0 atom stereocenters. The predicted octanol–water partition coefficient (Wildman–Crippen LogP) is 4.42. The van der Waals surface area contributed by atoms with Crippen LogP contribution in [0, 0.1) is 5.95 Å². The number of pyridine rings is 1. The lowest BCUT2D eigenvalue weighted by molar-refractivity contribution is 0.0635. The molecule has 0 unspecified atom stereocenters. The van der Waals surface area contributed by atoms with Gasteiger partial charge in [0.2, 0.25) is 5.95 Å². The van der Waals surface area contributed by atoms with Gasteiger partial charge in [-0.2, -0.15) is 4.39 Å². The van der Waals surface area contributed by atoms with Gasteiger partial charge in [-0.3, -0.25) is 15.1 Å². The first-order chi connectivity index (χ1) is 15.6. The molecule has 0 saturated heterocycles. The van der Waals surface area contributed by atoms with Crippen molar-refractivity contribution in [2.45, 2.75) is 33.0 Å². The standard InChI is InChI=1S/C23H24FN5O4/c1-23(2,3)33-22(31)29-17-7-5-14(15-6-8-20(24)27-10-15)9-18(17)28-21(30)19-12-25-16(11-26-19)13-32-4/h5-12H,13H2,1-4H3,(H,28,30)(H,29,31). The zero-order valence-electron chi connectivity index (χ0n) is 18.7. The molecule has 3 aromatic rings. The molecule has 0 fully saturated rings. The summed E-state index contributed by atoms with van der Waals surface area (Å²) in [6, 6.07) is 7.73. The van der Waals surface area contributed by atoms with Crippen LogP contribution in [0.4, 0.5) is 20.6 Å². The Balaban J connectivity index is 1.90. The number of hydrogen-bond donors (Lipinski definition) is 2. The van der Waals surface area contributed by atoms with E-state index in [1.807, 2.05) is 0 Å². The fourth-order valence-corrected chi connectivity index (χ4v) is 2.78. The molecular formula is C23H24FN5O4. The van der Waals surface area contributed by atoms with Crippen molar-refractivity contribution in [1.29, 1.82) is 0 Å². The molecule has 0 aliphatic carbocycles. The van der Waals surface area contributed by atoms with Gasteiger partial charge in [-0.1, -0.05) is 6.07 Å². The lowest BCUT2D eigenvalue weighted by atomic mass is 10.1. The summed E-state index contributed by atoms with van der Waals surface area (Å²) in [6.07, 6.45) is 3.46. The van der Waals surface area contributed by atoms with Gasteiger partial charge in [0.15, 0.2) is 0 Å². The number of methoxy groups -OCH3 is 1. The van der Waals surface area contributed by atoms with Crippen LogP contribution in [0.15, 0.2) is 48.9 Å². The summed E-state index contributed by atoms with van der Waals surface area (Å²) in [4.78, 5) is 37.0. The zero-order chi connectivity index (χ0) is 24.0. The van der Waals surface area contributed by atoms with Crippen LogP contribution in [0.2, 0.25) is 0 Å². The SMILES string of the molecule is COCc1cnc(C(=O)Nc2cc(-c3ccc(F)nc3)ccc2NC(=O)OC(C)(C)C)cn1. The monoisotopic (exact) mass is 453 g/mol. The summed E-state index contributed by atoms with van der Waals surface area (Å²) in [7, 11) is 1.53. The molecule has 0 radical (unpaired) electrons. The Morgan fingerprint density at radius 1 is 0.939 bits per heavy atom. The number of nitrogens with one attached hydrogen (secondary N) is 2. The minimum absolute atomic E-state index is 0.0759. The van der Waals surface area contributed by atoms with E-state index in [1.54, 1.807) is 45.0 Å². The summed E-state index contributed by atoms with van der Waals surface area (Å²) in [5, 5.41) is 5.36. The van der Waals surface area contributed by atoms with E-state index in [1.165, 1.54) is 31.8 Å². The molecular weight excluding hydrogens is 429 g/mol. The summed E-state index contributed by atoms with van der Waals surface area (Å²) >= 11 is 0. The highest BCUT2D eigenvalue weighted by Gasteiger charge is 2.19. The number of amides is 2. The second kappa shape index (κ2) is 10.1. The molecule has 0 aliphatic heterocycles. The van der Waals surface area contributed by atoms with Crippen molar-refractivity contribution in [3.8, 4) is 11.1 Å². The molecule has 0 aliphatic rings. The highest BCUT2D eigenvalue weighted by molar-refractivity contribution is 6.06. The van der Waals surface area contributed by atoms with Gasteiger partial charge in [-0.05, 0) is 50.6 Å². The fourth-order valence-electron chi connectivity index (χ4n) is 2.78. The van der Waals surface area contributed by atoms with Crippen molar-refractivity contribution in [2.75, 3.05) is 17.7 Å². The van der Waals surface area contributed by atoms with Crippen LogP contribution >= 0.6 is 0 Å². The molecule has 33 heavy (non-hydrogen) atoms. The number of benzene rings is 1. The van der Waals surface area contributed by atoms with Crippen LogP contribution in [-0.2, 0) is 16.1 Å². The summed E-state index contributed by atoms with van der Waals surface area (Å²) in [6.45, 7) is 5.50. The second-order valence-corrected chi connectivity index (χ2v) is 8.04. The summed E-state index contributed by atoms with van der Waals surface area (Å²) in [5.41, 5.74) is 1.82. The van der Waals surface area contributed by atoms with Gasteiger partial charge in [-0.15, -0.1) is 0 Å². The van der Waals surface area contributed by atoms with Gasteiger partial charge in [0.05, 0.1) is 36.1 Å². The van der Waals surface area contributed by atoms with Crippen molar-refractivity contribution in [2.24, 2.45) is 0 Å². The Hall–Kier alpha value is -3.92. The van der Waals surface area contributed by atoms with Crippen molar-refractivity contribution >= 4 is 23.4 Å². The maximum Gasteiger partial charge on any atom is 0.412 e. The number of nitrogens with zero attached hydrogens (tertiary/aromatic N) is 3. The maximum absolute atomic E-state index is 13.2. The van der Waals surface area contributed by atoms with Crippen molar-refractivity contribution in [3.63, 3.8) is 0 Å². The Morgan fingerprint density at radius 3 is 2.30 bits per heavy atom. The van der Waals surface area contributed by atoms with Crippen LogP contribution < -0.4 is 10.6 Å². The van der Waals surface area contributed by atoms with Gasteiger partial charge in [-0.25, -0.2) is 14.8 Å². The molecule has 0 bridgehead atoms. The molecule has 2 aromatic heterocycles. The number of carbonyl (C=O) groups is 2. The van der Waals surface area contributed by atoms with Gasteiger partial charge in [0.25, 0.3) is 5.91 Å². The van der Waals surface area contributed by atoms with Crippen LogP contribution in [0.3, 0.4) is 0 Å². The number of ether oxygens (including phenoxy) is 2. The molecule has 0 saturated carbocycles. The summed E-state index contributed by atoms with van der Waals surface area (Å²) < 4.78 is 23.5. The number of halogens is 1. The maximum atomic E-state index is 13.2. The first kappa shape index (κ1) is 23.7. The third kappa shape index (κ3) is 6.78. The van der Waals surface area contributed by atoms with E-state index in [2.05, 4.69) is 25.6 Å². The predicted molar refractivity (Wildman–Crippen MR) is 120 cm³/mol. The van der Waals surface area contributed by atoms with Crippen molar-refractivity contribution < 1.29 is 23.5 Å². The Labute approximate surface area is 190 Å². The fraction of sp³-hybridized carbons (Fsp3) is 0.261. The topological polar surface area (TPSA) is 115 Å². The highest BCUT2D eigenvalue weighted by atomic mass is 19.1. The van der Waals surface area contributed by atoms with Crippen molar-refractivity contribution in [1.82, 2.24) is 15.0 Å². The molecule has 0 spiro atoms. The number of aromatic nitrogens is 3. The van der Waals surface area contributed by atoms with E-state index in [0.29, 0.717) is 22.5 Å². The normalized spacial score (nSPS) is 11.1. The molecule has 10 heteroatoms. The van der Waals surface area contributed by atoms with Gasteiger partial charge < -0.3 is 14.8 Å². The molecule has 1 aromatic carbocycles. The van der Waals surface area contributed by atoms with Gasteiger partial charge in [0, 0.05) is 18.9 Å². The first-order valence-corrected chi connectivity index (χ1v) is 10.0. The van der Waals surface area contributed by atoms with E-state index < -0.39 is 23.5 Å². The Bertz CT molecular complexity index is 1130. The third-order valence-corrected chi connectivity index (χ3v) is 4.19. The molecule has 172 valence electrons. The third-order valence-electron chi connectivity index (χ3n) is 4.19. The molecule has 2 N–H and O–H groups in total. The minimum Gasteiger partial charge on any atom is -0.444 e.